The molecular weight excluding hydrogens is 286 g/mol. The van der Waals surface area contributed by atoms with Crippen molar-refractivity contribution in [3.63, 3.8) is 0 Å². The topological polar surface area (TPSA) is 65.5 Å². The first kappa shape index (κ1) is 16.2. The van der Waals surface area contributed by atoms with Crippen LogP contribution in [0.5, 0.6) is 0 Å². The fourth-order valence-electron chi connectivity index (χ4n) is 2.76. The van der Waals surface area contributed by atoms with Crippen LogP contribution in [0.4, 0.5) is 9.93 Å². The van der Waals surface area contributed by atoms with Crippen molar-refractivity contribution in [2.45, 2.75) is 51.6 Å². The van der Waals surface area contributed by atoms with Gasteiger partial charge in [0, 0.05) is 24.9 Å². The zero-order valence-corrected chi connectivity index (χ0v) is 13.7. The molecule has 2 N–H and O–H groups in total. The SMILES string of the molecule is CCCc1csc(NC(=O)N(C)CC2CCCCC2O)n1. The smallest absolute Gasteiger partial charge is 0.323 e. The van der Waals surface area contributed by atoms with Crippen LogP contribution in [-0.4, -0.2) is 40.7 Å². The lowest BCUT2D eigenvalue weighted by molar-refractivity contribution is 0.0575. The van der Waals surface area contributed by atoms with Crippen LogP contribution in [0.2, 0.25) is 0 Å². The summed E-state index contributed by atoms with van der Waals surface area (Å²) < 4.78 is 0. The summed E-state index contributed by atoms with van der Waals surface area (Å²) in [5.41, 5.74) is 1.03. The average Bonchev–Trinajstić information content (AvgIpc) is 2.89. The van der Waals surface area contributed by atoms with Crippen LogP contribution in [0.1, 0.15) is 44.7 Å². The number of thiazole rings is 1. The number of rotatable bonds is 5. The molecule has 1 heterocycles. The Hall–Kier alpha value is -1.14. The molecule has 5 nitrogen and oxygen atoms in total. The summed E-state index contributed by atoms with van der Waals surface area (Å²) in [5.74, 6) is 0.196. The van der Waals surface area contributed by atoms with Crippen molar-refractivity contribution in [2.24, 2.45) is 5.92 Å². The minimum atomic E-state index is -0.273. The molecule has 21 heavy (non-hydrogen) atoms. The highest BCUT2D eigenvalue weighted by Gasteiger charge is 2.25. The molecule has 118 valence electrons. The Morgan fingerprint density at radius 3 is 3.00 bits per heavy atom. The molecule has 6 heteroatoms. The molecule has 1 aromatic rings. The van der Waals surface area contributed by atoms with Gasteiger partial charge in [0.25, 0.3) is 0 Å². The standard InChI is InChI=1S/C15H25N3O2S/c1-3-6-12-10-21-14(16-12)17-15(20)18(2)9-11-7-4-5-8-13(11)19/h10-11,13,19H,3-9H2,1-2H3,(H,16,17,20). The van der Waals surface area contributed by atoms with Gasteiger partial charge in [0.2, 0.25) is 0 Å². The minimum absolute atomic E-state index is 0.148. The van der Waals surface area contributed by atoms with Crippen LogP contribution >= 0.6 is 11.3 Å². The predicted octanol–water partition coefficient (Wildman–Crippen LogP) is 3.11. The quantitative estimate of drug-likeness (QED) is 0.878. The summed E-state index contributed by atoms with van der Waals surface area (Å²) in [5, 5.41) is 15.5. The highest BCUT2D eigenvalue weighted by Crippen LogP contribution is 2.25. The van der Waals surface area contributed by atoms with Gasteiger partial charge in [-0.25, -0.2) is 9.78 Å². The van der Waals surface area contributed by atoms with Crippen LogP contribution in [0.3, 0.4) is 0 Å². The summed E-state index contributed by atoms with van der Waals surface area (Å²) in [6.45, 7) is 2.71. The molecule has 2 unspecified atom stereocenters. The number of urea groups is 1. The third-order valence-electron chi connectivity index (χ3n) is 4.00. The van der Waals surface area contributed by atoms with Crippen molar-refractivity contribution in [1.29, 1.82) is 0 Å². The van der Waals surface area contributed by atoms with Gasteiger partial charge in [-0.2, -0.15) is 0 Å². The van der Waals surface area contributed by atoms with Crippen molar-refractivity contribution in [3.05, 3.63) is 11.1 Å². The van der Waals surface area contributed by atoms with E-state index in [4.69, 9.17) is 0 Å². The van der Waals surface area contributed by atoms with E-state index in [0.717, 1.165) is 44.2 Å². The van der Waals surface area contributed by atoms with Crippen LogP contribution in [0.15, 0.2) is 5.38 Å². The fourth-order valence-corrected chi connectivity index (χ4v) is 3.49. The lowest BCUT2D eigenvalue weighted by Crippen LogP contribution is -2.40. The lowest BCUT2D eigenvalue weighted by Gasteiger charge is -2.31. The van der Waals surface area contributed by atoms with Gasteiger partial charge in [-0.05, 0) is 19.3 Å². The number of aromatic nitrogens is 1. The van der Waals surface area contributed by atoms with Gasteiger partial charge in [0.05, 0.1) is 11.8 Å². The summed E-state index contributed by atoms with van der Waals surface area (Å²) in [6, 6.07) is -0.148. The van der Waals surface area contributed by atoms with Gasteiger partial charge in [-0.15, -0.1) is 11.3 Å². The normalized spacial score (nSPS) is 22.0. The van der Waals surface area contributed by atoms with E-state index < -0.39 is 0 Å². The maximum atomic E-state index is 12.2. The molecule has 0 radical (unpaired) electrons. The molecule has 1 aromatic heterocycles. The fraction of sp³-hybridized carbons (Fsp3) is 0.733. The lowest BCUT2D eigenvalue weighted by atomic mass is 9.86. The van der Waals surface area contributed by atoms with Gasteiger partial charge in [-0.3, -0.25) is 5.32 Å². The third kappa shape index (κ3) is 4.68. The second kappa shape index (κ2) is 7.75. The highest BCUT2D eigenvalue weighted by molar-refractivity contribution is 7.13. The Morgan fingerprint density at radius 2 is 2.29 bits per heavy atom. The molecule has 1 aliphatic carbocycles. The van der Waals surface area contributed by atoms with E-state index in [9.17, 15) is 9.90 Å². The van der Waals surface area contributed by atoms with E-state index in [1.54, 1.807) is 11.9 Å². The van der Waals surface area contributed by atoms with Crippen molar-refractivity contribution in [2.75, 3.05) is 18.9 Å². The number of aliphatic hydroxyl groups excluding tert-OH is 1. The number of hydrogen-bond acceptors (Lipinski definition) is 4. The maximum absolute atomic E-state index is 12.2. The van der Waals surface area contributed by atoms with Crippen LogP contribution < -0.4 is 5.32 Å². The van der Waals surface area contributed by atoms with Gasteiger partial charge in [-0.1, -0.05) is 26.2 Å². The third-order valence-corrected chi connectivity index (χ3v) is 4.80. The maximum Gasteiger partial charge on any atom is 0.323 e. The Balaban J connectivity index is 1.83. The molecule has 2 rings (SSSR count). The van der Waals surface area contributed by atoms with Crippen LogP contribution in [-0.2, 0) is 6.42 Å². The Kier molecular flexibility index (Phi) is 5.99. The van der Waals surface area contributed by atoms with Gasteiger partial charge in [0.15, 0.2) is 5.13 Å². The van der Waals surface area contributed by atoms with Crippen LogP contribution in [0.25, 0.3) is 0 Å². The molecule has 0 saturated heterocycles. The summed E-state index contributed by atoms with van der Waals surface area (Å²) in [6.07, 6.45) is 5.80. The number of nitrogens with zero attached hydrogens (tertiary/aromatic N) is 2. The number of carbonyl (C=O) groups excluding carboxylic acids is 1. The zero-order valence-electron chi connectivity index (χ0n) is 12.8. The molecule has 0 bridgehead atoms. The zero-order chi connectivity index (χ0) is 15.2. The van der Waals surface area contributed by atoms with Gasteiger partial charge < -0.3 is 10.0 Å². The molecule has 0 aromatic carbocycles. The Labute approximate surface area is 130 Å². The summed E-state index contributed by atoms with van der Waals surface area (Å²) in [4.78, 5) is 18.2. The average molecular weight is 311 g/mol. The van der Waals surface area contributed by atoms with E-state index in [2.05, 4.69) is 17.2 Å². The van der Waals surface area contributed by atoms with Crippen molar-refractivity contribution >= 4 is 22.5 Å². The monoisotopic (exact) mass is 311 g/mol. The molecule has 2 atom stereocenters. The van der Waals surface area contributed by atoms with E-state index in [1.807, 2.05) is 5.38 Å². The Bertz CT molecular complexity index is 464. The molecule has 1 aliphatic rings. The molecule has 2 amide bonds. The van der Waals surface area contributed by atoms with Crippen molar-refractivity contribution in [1.82, 2.24) is 9.88 Å². The molecule has 1 fully saturated rings. The van der Waals surface area contributed by atoms with Gasteiger partial charge in [0.1, 0.15) is 0 Å². The largest absolute Gasteiger partial charge is 0.393 e. The number of aliphatic hydroxyl groups is 1. The van der Waals surface area contributed by atoms with E-state index in [1.165, 1.54) is 11.3 Å². The summed E-state index contributed by atoms with van der Waals surface area (Å²) >= 11 is 1.46. The predicted molar refractivity (Wildman–Crippen MR) is 85.7 cm³/mol. The number of anilines is 1. The van der Waals surface area contributed by atoms with E-state index in [-0.39, 0.29) is 18.1 Å². The van der Waals surface area contributed by atoms with E-state index >= 15 is 0 Å². The van der Waals surface area contributed by atoms with Crippen LogP contribution in [0, 0.1) is 5.92 Å². The van der Waals surface area contributed by atoms with Gasteiger partial charge >= 0.3 is 6.03 Å². The second-order valence-corrected chi connectivity index (χ2v) is 6.67. The number of carbonyl (C=O) groups is 1. The second-order valence-electron chi connectivity index (χ2n) is 5.82. The number of aryl methyl sites for hydroxylation is 1. The number of hydrogen-bond donors (Lipinski definition) is 2. The number of amides is 2. The molecular formula is C15H25N3O2S. The molecule has 0 aliphatic heterocycles. The van der Waals surface area contributed by atoms with Crippen molar-refractivity contribution in [3.8, 4) is 0 Å². The molecule has 0 spiro atoms. The van der Waals surface area contributed by atoms with E-state index in [0.29, 0.717) is 11.7 Å². The number of nitrogens with one attached hydrogen (secondary N) is 1. The van der Waals surface area contributed by atoms with Crippen molar-refractivity contribution < 1.29 is 9.90 Å². The highest BCUT2D eigenvalue weighted by atomic mass is 32.1. The minimum Gasteiger partial charge on any atom is -0.393 e. The Morgan fingerprint density at radius 1 is 1.52 bits per heavy atom. The first-order chi connectivity index (χ1) is 10.1. The summed E-state index contributed by atoms with van der Waals surface area (Å²) in [7, 11) is 1.78. The first-order valence-electron chi connectivity index (χ1n) is 7.74. The first-order valence-corrected chi connectivity index (χ1v) is 8.62. The molecule has 1 saturated carbocycles.